The molecule has 0 spiro atoms. The molecule has 0 aliphatic rings. The molecular weight excluding hydrogens is 456 g/mol. The van der Waals surface area contributed by atoms with Crippen LogP contribution in [0.25, 0.3) is 10.8 Å². The van der Waals surface area contributed by atoms with E-state index in [0.29, 0.717) is 18.0 Å². The molecule has 0 saturated heterocycles. The number of aromatic nitrogens is 4. The molecule has 1 heterocycles. The van der Waals surface area contributed by atoms with Crippen LogP contribution in [0, 0.1) is 0 Å². The Morgan fingerprint density at radius 3 is 2.43 bits per heavy atom. The summed E-state index contributed by atoms with van der Waals surface area (Å²) in [4.78, 5) is 11.1. The Bertz CT molecular complexity index is 1010. The summed E-state index contributed by atoms with van der Waals surface area (Å²) in [6.45, 7) is 2.27. The molecule has 35 heavy (non-hydrogen) atoms. The van der Waals surface area contributed by atoms with Crippen molar-refractivity contribution in [2.24, 2.45) is 0 Å². The van der Waals surface area contributed by atoms with Crippen LogP contribution in [-0.4, -0.2) is 37.5 Å². The number of aryl methyl sites for hydroxylation is 1. The van der Waals surface area contributed by atoms with E-state index in [2.05, 4.69) is 63.9 Å². The van der Waals surface area contributed by atoms with Crippen LogP contribution in [0.2, 0.25) is 0 Å². The van der Waals surface area contributed by atoms with Gasteiger partial charge in [0.15, 0.2) is 5.82 Å². The maximum atomic E-state index is 11.1. The van der Waals surface area contributed by atoms with Gasteiger partial charge in [0.05, 0.1) is 6.42 Å². The number of benzene rings is 2. The molecule has 0 radical (unpaired) electrons. The number of tetrazole rings is 1. The van der Waals surface area contributed by atoms with Crippen LogP contribution < -0.4 is 0 Å². The van der Waals surface area contributed by atoms with Crippen LogP contribution in [0.5, 0.6) is 0 Å². The third-order valence-electron chi connectivity index (χ3n) is 6.54. The zero-order valence-corrected chi connectivity index (χ0v) is 21.9. The second-order valence-electron chi connectivity index (χ2n) is 9.37. The summed E-state index contributed by atoms with van der Waals surface area (Å²) in [5.41, 5.74) is 2.59. The number of aliphatic carboxylic acids is 1. The number of thioether (sulfide) groups is 1. The average molecular weight is 497 g/mol. The minimum atomic E-state index is -0.771. The van der Waals surface area contributed by atoms with Gasteiger partial charge in [-0.05, 0) is 34.7 Å². The first kappa shape index (κ1) is 27.2. The van der Waals surface area contributed by atoms with E-state index < -0.39 is 5.97 Å². The molecule has 7 heteroatoms. The molecule has 2 aromatic carbocycles. The number of aromatic amines is 1. The third kappa shape index (κ3) is 9.63. The normalized spacial score (nSPS) is 12.3. The lowest BCUT2D eigenvalue weighted by Crippen LogP contribution is -2.05. The highest BCUT2D eigenvalue weighted by Crippen LogP contribution is 2.36. The van der Waals surface area contributed by atoms with Gasteiger partial charge >= 0.3 is 5.97 Å². The van der Waals surface area contributed by atoms with Crippen LogP contribution in [-0.2, 0) is 17.6 Å². The van der Waals surface area contributed by atoms with Gasteiger partial charge in [0.2, 0.25) is 0 Å². The molecule has 1 aromatic heterocycles. The van der Waals surface area contributed by atoms with Crippen molar-refractivity contribution in [2.45, 2.75) is 95.6 Å². The van der Waals surface area contributed by atoms with Gasteiger partial charge in [0, 0.05) is 17.4 Å². The summed E-state index contributed by atoms with van der Waals surface area (Å²) >= 11 is 1.65. The summed E-state index contributed by atoms with van der Waals surface area (Å²) < 4.78 is 0. The number of hydrogen-bond donors (Lipinski definition) is 2. The van der Waals surface area contributed by atoms with E-state index in [1.165, 1.54) is 86.1 Å². The molecule has 6 nitrogen and oxygen atoms in total. The maximum Gasteiger partial charge on any atom is 0.304 e. The summed E-state index contributed by atoms with van der Waals surface area (Å²) in [6.07, 6.45) is 15.3. The third-order valence-corrected chi connectivity index (χ3v) is 7.80. The van der Waals surface area contributed by atoms with E-state index in [1.54, 1.807) is 11.8 Å². The molecule has 3 rings (SSSR count). The van der Waals surface area contributed by atoms with Crippen molar-refractivity contribution in [3.63, 3.8) is 0 Å². The van der Waals surface area contributed by atoms with Crippen molar-refractivity contribution in [2.75, 3.05) is 5.75 Å². The second-order valence-corrected chi connectivity index (χ2v) is 10.7. The van der Waals surface area contributed by atoms with E-state index in [-0.39, 0.29) is 11.7 Å². The van der Waals surface area contributed by atoms with Crippen molar-refractivity contribution in [1.29, 1.82) is 0 Å². The number of nitrogens with zero attached hydrogens (tertiary/aromatic N) is 3. The van der Waals surface area contributed by atoms with Crippen molar-refractivity contribution < 1.29 is 9.90 Å². The highest BCUT2D eigenvalue weighted by molar-refractivity contribution is 7.99. The minimum Gasteiger partial charge on any atom is -0.481 e. The Hall–Kier alpha value is -2.41. The lowest BCUT2D eigenvalue weighted by Gasteiger charge is -2.18. The van der Waals surface area contributed by atoms with Gasteiger partial charge in [-0.3, -0.25) is 4.79 Å². The highest BCUT2D eigenvalue weighted by atomic mass is 32.2. The minimum absolute atomic E-state index is 0.0724. The van der Waals surface area contributed by atoms with Gasteiger partial charge < -0.3 is 5.11 Å². The van der Waals surface area contributed by atoms with E-state index in [0.717, 1.165) is 6.42 Å². The van der Waals surface area contributed by atoms with Crippen LogP contribution >= 0.6 is 11.8 Å². The Balaban J connectivity index is 1.58. The molecule has 1 atom stereocenters. The Morgan fingerprint density at radius 2 is 1.74 bits per heavy atom. The first-order valence-corrected chi connectivity index (χ1v) is 14.3. The smallest absolute Gasteiger partial charge is 0.304 e. The van der Waals surface area contributed by atoms with Crippen LogP contribution in [0.1, 0.15) is 99.8 Å². The standard InChI is InChI=1S/C28H40N4O2S/c1-2-3-4-5-6-7-8-9-10-11-13-22-16-17-23-14-12-15-24(25(23)20-22)26(35-19-18-28(33)34)21-27-29-31-32-30-27/h12,14-17,20,26H,2-11,13,18-19,21H2,1H3,(H,33,34)(H,29,30,31,32). The summed E-state index contributed by atoms with van der Waals surface area (Å²) in [7, 11) is 0. The zero-order chi connectivity index (χ0) is 24.7. The number of carbonyl (C=O) groups is 1. The van der Waals surface area contributed by atoms with Crippen molar-refractivity contribution in [3.8, 4) is 0 Å². The molecule has 190 valence electrons. The molecule has 0 saturated carbocycles. The predicted molar refractivity (Wildman–Crippen MR) is 145 cm³/mol. The number of H-pyrrole nitrogens is 1. The van der Waals surface area contributed by atoms with Crippen molar-refractivity contribution >= 4 is 28.5 Å². The fourth-order valence-electron chi connectivity index (χ4n) is 4.58. The number of carboxylic acids is 1. The van der Waals surface area contributed by atoms with Gasteiger partial charge in [-0.25, -0.2) is 0 Å². The van der Waals surface area contributed by atoms with Gasteiger partial charge in [-0.2, -0.15) is 17.0 Å². The Morgan fingerprint density at radius 1 is 1.00 bits per heavy atom. The molecule has 2 N–H and O–H groups in total. The highest BCUT2D eigenvalue weighted by Gasteiger charge is 2.19. The van der Waals surface area contributed by atoms with Gasteiger partial charge in [-0.15, -0.1) is 10.2 Å². The number of unbranched alkanes of at least 4 members (excludes halogenated alkanes) is 9. The predicted octanol–water partition coefficient (Wildman–Crippen LogP) is 7.31. The summed E-state index contributed by atoms with van der Waals surface area (Å²) in [5, 5.41) is 26.1. The van der Waals surface area contributed by atoms with Gasteiger partial charge in [0.1, 0.15) is 0 Å². The summed E-state index contributed by atoms with van der Waals surface area (Å²) in [5.74, 6) is 0.427. The molecule has 0 aliphatic heterocycles. The number of carboxylic acid groups (broad SMARTS) is 1. The van der Waals surface area contributed by atoms with Crippen molar-refractivity contribution in [3.05, 3.63) is 53.3 Å². The lowest BCUT2D eigenvalue weighted by molar-refractivity contribution is -0.136. The molecule has 0 bridgehead atoms. The summed E-state index contributed by atoms with van der Waals surface area (Å²) in [6, 6.07) is 13.2. The fraction of sp³-hybridized carbons (Fsp3) is 0.571. The molecule has 0 fully saturated rings. The average Bonchev–Trinajstić information content (AvgIpc) is 3.37. The zero-order valence-electron chi connectivity index (χ0n) is 21.0. The monoisotopic (exact) mass is 496 g/mol. The number of rotatable bonds is 18. The fourth-order valence-corrected chi connectivity index (χ4v) is 5.81. The first-order valence-electron chi connectivity index (χ1n) is 13.2. The Kier molecular flexibility index (Phi) is 12.1. The van der Waals surface area contributed by atoms with E-state index in [9.17, 15) is 4.79 Å². The first-order chi connectivity index (χ1) is 17.2. The van der Waals surface area contributed by atoms with Crippen LogP contribution in [0.4, 0.5) is 0 Å². The molecule has 1 unspecified atom stereocenters. The number of nitrogens with one attached hydrogen (secondary N) is 1. The van der Waals surface area contributed by atoms with Crippen LogP contribution in [0.15, 0.2) is 36.4 Å². The lowest BCUT2D eigenvalue weighted by atomic mass is 9.96. The molecule has 0 amide bonds. The van der Waals surface area contributed by atoms with Crippen LogP contribution in [0.3, 0.4) is 0 Å². The molecular formula is C28H40N4O2S. The molecule has 3 aromatic rings. The van der Waals surface area contributed by atoms with E-state index in [4.69, 9.17) is 5.11 Å². The topological polar surface area (TPSA) is 91.8 Å². The SMILES string of the molecule is CCCCCCCCCCCCc1ccc2cccc(C(Cc3nn[nH]n3)SCCC(=O)O)c2c1. The van der Waals surface area contributed by atoms with Crippen molar-refractivity contribution in [1.82, 2.24) is 20.6 Å². The van der Waals surface area contributed by atoms with E-state index in [1.807, 2.05) is 0 Å². The number of hydrogen-bond acceptors (Lipinski definition) is 5. The van der Waals surface area contributed by atoms with Gasteiger partial charge in [0.25, 0.3) is 0 Å². The number of fused-ring (bicyclic) bond motifs is 1. The second kappa shape index (κ2) is 15.6. The van der Waals surface area contributed by atoms with Gasteiger partial charge in [-0.1, -0.05) is 106 Å². The largest absolute Gasteiger partial charge is 0.481 e. The Labute approximate surface area is 213 Å². The molecule has 0 aliphatic carbocycles. The quantitative estimate of drug-likeness (QED) is 0.179. The maximum absolute atomic E-state index is 11.1. The van der Waals surface area contributed by atoms with E-state index >= 15 is 0 Å².